The first-order valence-corrected chi connectivity index (χ1v) is 8.84. The highest BCUT2D eigenvalue weighted by Gasteiger charge is 2.52. The molecule has 0 spiro atoms. The molecular formula is C21H23NO5. The van der Waals surface area contributed by atoms with E-state index in [1.54, 1.807) is 13.8 Å². The average Bonchev–Trinajstić information content (AvgIpc) is 2.98. The number of nitrogens with two attached hydrogens (primary N) is 1. The van der Waals surface area contributed by atoms with Crippen LogP contribution in [-0.4, -0.2) is 40.4 Å². The summed E-state index contributed by atoms with van der Waals surface area (Å²) in [6.45, 7) is 3.13. The fraction of sp³-hybridized carbons (Fsp3) is 0.333. The minimum Gasteiger partial charge on any atom is -0.479 e. The maximum atomic E-state index is 12.5. The van der Waals surface area contributed by atoms with Gasteiger partial charge in [-0.25, -0.2) is 9.59 Å². The second-order valence-corrected chi connectivity index (χ2v) is 7.19. The lowest BCUT2D eigenvalue weighted by Crippen LogP contribution is -2.65. The van der Waals surface area contributed by atoms with Gasteiger partial charge >= 0.3 is 11.9 Å². The van der Waals surface area contributed by atoms with Gasteiger partial charge in [0.2, 0.25) is 5.54 Å². The van der Waals surface area contributed by atoms with Crippen LogP contribution in [0.4, 0.5) is 0 Å². The first kappa shape index (κ1) is 19.1. The van der Waals surface area contributed by atoms with E-state index in [9.17, 15) is 19.8 Å². The lowest BCUT2D eigenvalue weighted by Gasteiger charge is -2.30. The molecule has 0 fully saturated rings. The molecule has 6 heteroatoms. The molecule has 3 rings (SSSR count). The van der Waals surface area contributed by atoms with Crippen molar-refractivity contribution in [1.82, 2.24) is 0 Å². The zero-order valence-electron chi connectivity index (χ0n) is 15.3. The first-order chi connectivity index (χ1) is 12.8. The van der Waals surface area contributed by atoms with Crippen LogP contribution in [0.1, 0.15) is 30.9 Å². The molecule has 142 valence electrons. The number of hydrogen-bond acceptors (Lipinski definition) is 5. The van der Waals surface area contributed by atoms with Gasteiger partial charge in [-0.15, -0.1) is 0 Å². The molecule has 0 amide bonds. The largest absolute Gasteiger partial charge is 0.479 e. The number of hydrogen-bond donors (Lipinski definition) is 3. The zero-order valence-corrected chi connectivity index (χ0v) is 15.3. The molecule has 0 aliphatic heterocycles. The molecule has 0 unspecified atom stereocenters. The monoisotopic (exact) mass is 369 g/mol. The third-order valence-corrected chi connectivity index (χ3v) is 5.13. The van der Waals surface area contributed by atoms with Crippen LogP contribution in [0, 0.1) is 5.92 Å². The molecule has 1 aliphatic carbocycles. The van der Waals surface area contributed by atoms with Gasteiger partial charge in [0, 0.05) is 5.92 Å². The molecule has 6 nitrogen and oxygen atoms in total. The van der Waals surface area contributed by atoms with Gasteiger partial charge < -0.3 is 20.7 Å². The molecule has 0 saturated carbocycles. The Labute approximate surface area is 157 Å². The van der Waals surface area contributed by atoms with Crippen LogP contribution < -0.4 is 5.73 Å². The summed E-state index contributed by atoms with van der Waals surface area (Å²) in [7, 11) is 0. The first-order valence-electron chi connectivity index (χ1n) is 8.84. The Bertz CT molecular complexity index is 833. The van der Waals surface area contributed by atoms with Crippen molar-refractivity contribution in [3.8, 4) is 11.1 Å². The maximum absolute atomic E-state index is 12.5. The lowest BCUT2D eigenvalue weighted by atomic mass is 9.86. The fourth-order valence-corrected chi connectivity index (χ4v) is 3.58. The maximum Gasteiger partial charge on any atom is 0.340 e. The summed E-state index contributed by atoms with van der Waals surface area (Å²) in [6.07, 6.45) is -1.56. The van der Waals surface area contributed by atoms with Gasteiger partial charge in [-0.3, -0.25) is 0 Å². The van der Waals surface area contributed by atoms with Crippen molar-refractivity contribution < 1.29 is 24.5 Å². The van der Waals surface area contributed by atoms with E-state index >= 15 is 0 Å². The minimum absolute atomic E-state index is 0.0517. The third-order valence-electron chi connectivity index (χ3n) is 5.13. The Balaban J connectivity index is 1.86. The van der Waals surface area contributed by atoms with Gasteiger partial charge in [-0.2, -0.15) is 0 Å². The van der Waals surface area contributed by atoms with E-state index < -0.39 is 29.5 Å². The number of benzene rings is 2. The Kier molecular flexibility index (Phi) is 5.04. The summed E-state index contributed by atoms with van der Waals surface area (Å²) in [5, 5.41) is 19.6. The predicted octanol–water partition coefficient (Wildman–Crippen LogP) is 2.14. The highest BCUT2D eigenvalue weighted by Crippen LogP contribution is 2.44. The van der Waals surface area contributed by atoms with Crippen LogP contribution in [0.25, 0.3) is 11.1 Å². The molecule has 4 N–H and O–H groups in total. The number of aliphatic carboxylic acids is 1. The quantitative estimate of drug-likeness (QED) is 0.532. The standard InChI is InChI=1S/C21H23NO5/c1-12(2)18(23)21(22,19(24)25)20(26)27-11-17-15-9-5-3-7-13(15)14-8-4-6-10-16(14)17/h3-10,12,17-18,23H,11,22H2,1-2H3,(H,24,25)/t18-,21+/m0/s1. The lowest BCUT2D eigenvalue weighted by molar-refractivity contribution is -0.169. The number of fused-ring (bicyclic) bond motifs is 3. The number of carbonyl (C=O) groups is 2. The van der Waals surface area contributed by atoms with Gasteiger partial charge in [0.05, 0.1) is 6.10 Å². The van der Waals surface area contributed by atoms with Crippen molar-refractivity contribution in [2.24, 2.45) is 11.7 Å². The smallest absolute Gasteiger partial charge is 0.340 e. The minimum atomic E-state index is -2.51. The second-order valence-electron chi connectivity index (χ2n) is 7.19. The van der Waals surface area contributed by atoms with Crippen molar-refractivity contribution >= 4 is 11.9 Å². The molecular weight excluding hydrogens is 346 g/mol. The van der Waals surface area contributed by atoms with E-state index in [1.807, 2.05) is 48.5 Å². The summed E-state index contributed by atoms with van der Waals surface area (Å²) < 4.78 is 5.33. The van der Waals surface area contributed by atoms with Gasteiger partial charge in [0.1, 0.15) is 6.61 Å². The molecule has 2 atom stereocenters. The number of ether oxygens (including phenoxy) is 1. The number of rotatable bonds is 6. The normalized spacial score (nSPS) is 16.3. The van der Waals surface area contributed by atoms with Crippen molar-refractivity contribution in [2.45, 2.75) is 31.4 Å². The van der Waals surface area contributed by atoms with Crippen LogP contribution in [0.15, 0.2) is 48.5 Å². The highest BCUT2D eigenvalue weighted by molar-refractivity contribution is 6.04. The molecule has 2 aromatic carbocycles. The van der Waals surface area contributed by atoms with Crippen LogP contribution in [0.3, 0.4) is 0 Å². The Morgan fingerprint density at radius 1 is 1.07 bits per heavy atom. The van der Waals surface area contributed by atoms with E-state index in [0.29, 0.717) is 0 Å². The summed E-state index contributed by atoms with van der Waals surface area (Å²) in [5.41, 5.74) is 7.41. The van der Waals surface area contributed by atoms with Crippen molar-refractivity contribution in [3.05, 3.63) is 59.7 Å². The third kappa shape index (κ3) is 3.11. The van der Waals surface area contributed by atoms with Crippen molar-refractivity contribution in [1.29, 1.82) is 0 Å². The molecule has 0 radical (unpaired) electrons. The zero-order chi connectivity index (χ0) is 19.8. The molecule has 0 aromatic heterocycles. The highest BCUT2D eigenvalue weighted by atomic mass is 16.5. The molecule has 2 aromatic rings. The SMILES string of the molecule is CC(C)[C@H](O)[C@@](N)(C(=O)O)C(=O)OCC1c2ccccc2-c2ccccc21. The molecule has 0 heterocycles. The van der Waals surface area contributed by atoms with E-state index in [4.69, 9.17) is 10.5 Å². The number of aliphatic hydroxyl groups excluding tert-OH is 1. The molecule has 1 aliphatic rings. The predicted molar refractivity (Wildman–Crippen MR) is 100 cm³/mol. The molecule has 27 heavy (non-hydrogen) atoms. The van der Waals surface area contributed by atoms with E-state index in [0.717, 1.165) is 22.3 Å². The van der Waals surface area contributed by atoms with E-state index in [-0.39, 0.29) is 12.5 Å². The summed E-state index contributed by atoms with van der Waals surface area (Å²) >= 11 is 0. The number of aliphatic hydroxyl groups is 1. The van der Waals surface area contributed by atoms with Crippen LogP contribution in [0.2, 0.25) is 0 Å². The average molecular weight is 369 g/mol. The van der Waals surface area contributed by atoms with Gasteiger partial charge in [-0.05, 0) is 28.2 Å². The number of esters is 1. The van der Waals surface area contributed by atoms with E-state index in [2.05, 4.69) is 0 Å². The van der Waals surface area contributed by atoms with Crippen LogP contribution in [-0.2, 0) is 14.3 Å². The van der Waals surface area contributed by atoms with Crippen LogP contribution in [0.5, 0.6) is 0 Å². The van der Waals surface area contributed by atoms with Crippen molar-refractivity contribution in [2.75, 3.05) is 6.61 Å². The summed E-state index contributed by atoms with van der Waals surface area (Å²) in [6, 6.07) is 15.6. The van der Waals surface area contributed by atoms with Gasteiger partial charge in [0.15, 0.2) is 0 Å². The number of carboxylic acids is 1. The second kappa shape index (κ2) is 7.13. The topological polar surface area (TPSA) is 110 Å². The molecule has 0 bridgehead atoms. The van der Waals surface area contributed by atoms with Crippen LogP contribution >= 0.6 is 0 Å². The van der Waals surface area contributed by atoms with E-state index in [1.165, 1.54) is 0 Å². The number of carboxylic acid groups (broad SMARTS) is 1. The van der Waals surface area contributed by atoms with Gasteiger partial charge in [-0.1, -0.05) is 62.4 Å². The summed E-state index contributed by atoms with van der Waals surface area (Å²) in [4.78, 5) is 24.2. The Hall–Kier alpha value is -2.70. The fourth-order valence-electron chi connectivity index (χ4n) is 3.58. The Morgan fingerprint density at radius 2 is 1.56 bits per heavy atom. The molecule has 0 saturated heterocycles. The number of carbonyl (C=O) groups excluding carboxylic acids is 1. The summed E-state index contributed by atoms with van der Waals surface area (Å²) in [5.74, 6) is -3.49. The van der Waals surface area contributed by atoms with Gasteiger partial charge in [0.25, 0.3) is 0 Å². The Morgan fingerprint density at radius 3 is 2.00 bits per heavy atom. The van der Waals surface area contributed by atoms with Crippen molar-refractivity contribution in [3.63, 3.8) is 0 Å².